The lowest BCUT2D eigenvalue weighted by atomic mass is 9.45. The number of nitrogens with one attached hydrogen (secondary N) is 4. The number of rotatable bonds is 12. The number of hydrogen-bond donors (Lipinski definition) is 6. The predicted molar refractivity (Wildman–Crippen MR) is 202 cm³/mol. The summed E-state index contributed by atoms with van der Waals surface area (Å²) < 4.78 is 6.06. The minimum atomic E-state index is -0.894. The second kappa shape index (κ2) is 15.6. The van der Waals surface area contributed by atoms with Gasteiger partial charge in [0.05, 0.1) is 26.4 Å². The molecule has 2 heterocycles. The monoisotopic (exact) mass is 720 g/mol. The average Bonchev–Trinajstić information content (AvgIpc) is 3.50. The van der Waals surface area contributed by atoms with Gasteiger partial charge in [-0.1, -0.05) is 39.0 Å². The molecule has 2 saturated heterocycles. The van der Waals surface area contributed by atoms with Crippen molar-refractivity contribution in [2.24, 2.45) is 29.1 Å². The molecule has 5 fully saturated rings. The molecule has 0 aromatic heterocycles. The first kappa shape index (κ1) is 38.5. The molecule has 10 atom stereocenters. The Balaban J connectivity index is 1.26. The van der Waals surface area contributed by atoms with Crippen LogP contribution in [-0.4, -0.2) is 111 Å². The summed E-state index contributed by atoms with van der Waals surface area (Å²) in [7, 11) is 5.49. The van der Waals surface area contributed by atoms with Gasteiger partial charge in [0.15, 0.2) is 0 Å². The fourth-order valence-electron chi connectivity index (χ4n) is 9.28. The van der Waals surface area contributed by atoms with E-state index >= 15 is 0 Å². The predicted octanol–water partition coefficient (Wildman–Crippen LogP) is 2.77. The number of hydrogen-bond acceptors (Lipinski definition) is 10. The third-order valence-corrected chi connectivity index (χ3v) is 12.6. The van der Waals surface area contributed by atoms with Crippen molar-refractivity contribution in [3.8, 4) is 16.9 Å². The van der Waals surface area contributed by atoms with Crippen molar-refractivity contribution in [1.82, 2.24) is 26.3 Å². The van der Waals surface area contributed by atoms with Gasteiger partial charge in [0.1, 0.15) is 17.9 Å². The summed E-state index contributed by atoms with van der Waals surface area (Å²) in [6.45, 7) is 12.7. The summed E-state index contributed by atoms with van der Waals surface area (Å²) in [5, 5.41) is 36.2. The number of carbonyl (C=O) groups excluding carboxylic acids is 2. The van der Waals surface area contributed by atoms with Gasteiger partial charge in [-0.15, -0.1) is 0 Å². The summed E-state index contributed by atoms with van der Waals surface area (Å²) >= 11 is 0. The van der Waals surface area contributed by atoms with Crippen LogP contribution in [0.4, 0.5) is 5.69 Å². The van der Waals surface area contributed by atoms with Gasteiger partial charge in [0.25, 0.3) is 5.91 Å². The summed E-state index contributed by atoms with van der Waals surface area (Å²) in [4.78, 5) is 36.0. The highest BCUT2D eigenvalue weighted by Gasteiger charge is 2.57. The van der Waals surface area contributed by atoms with Crippen LogP contribution in [-0.2, 0) is 16.2 Å². The number of fused-ring (bicyclic) bond motifs is 2. The van der Waals surface area contributed by atoms with Gasteiger partial charge in [-0.2, -0.15) is 5.06 Å². The zero-order chi connectivity index (χ0) is 37.5. The highest BCUT2D eigenvalue weighted by Crippen LogP contribution is 2.61. The Morgan fingerprint density at radius 3 is 2.52 bits per heavy atom. The van der Waals surface area contributed by atoms with Crippen LogP contribution in [0.3, 0.4) is 0 Å². The summed E-state index contributed by atoms with van der Waals surface area (Å²) in [6.07, 6.45) is 0.496. The maximum absolute atomic E-state index is 14.2. The molecule has 12 nitrogen and oxygen atoms in total. The largest absolute Gasteiger partial charge is 0.496 e. The number of nitrogens with zero attached hydrogens (tertiary/aromatic N) is 2. The van der Waals surface area contributed by atoms with E-state index in [1.807, 2.05) is 55.4 Å². The molecule has 2 aromatic carbocycles. The second-order valence-corrected chi connectivity index (χ2v) is 16.5. The third kappa shape index (κ3) is 7.56. The van der Waals surface area contributed by atoms with Crippen molar-refractivity contribution in [3.63, 3.8) is 0 Å². The number of anilines is 1. The van der Waals surface area contributed by atoms with E-state index < -0.39 is 24.2 Å². The molecule has 2 aromatic rings. The number of piperazine rings is 1. The summed E-state index contributed by atoms with van der Waals surface area (Å²) in [5.41, 5.74) is 4.04. The number of aliphatic hydroxyl groups is 2. The summed E-state index contributed by atoms with van der Waals surface area (Å²) in [6, 6.07) is 11.4. The van der Waals surface area contributed by atoms with Gasteiger partial charge in [0, 0.05) is 80.2 Å². The molecule has 52 heavy (non-hydrogen) atoms. The average molecular weight is 721 g/mol. The maximum Gasteiger partial charge on any atom is 0.251 e. The molecule has 286 valence electrons. The Labute approximate surface area is 308 Å². The van der Waals surface area contributed by atoms with Crippen molar-refractivity contribution in [3.05, 3.63) is 47.5 Å². The van der Waals surface area contributed by atoms with E-state index in [-0.39, 0.29) is 42.5 Å². The van der Waals surface area contributed by atoms with Crippen LogP contribution >= 0.6 is 0 Å². The van der Waals surface area contributed by atoms with Crippen LogP contribution in [0.1, 0.15) is 63.4 Å². The molecule has 3 saturated carbocycles. The second-order valence-electron chi connectivity index (χ2n) is 16.5. The zero-order valence-corrected chi connectivity index (χ0v) is 32.1. The Kier molecular flexibility index (Phi) is 11.5. The van der Waals surface area contributed by atoms with Gasteiger partial charge in [-0.25, -0.2) is 0 Å². The minimum Gasteiger partial charge on any atom is -0.496 e. The van der Waals surface area contributed by atoms with E-state index in [4.69, 9.17) is 9.57 Å². The first-order valence-electron chi connectivity index (χ1n) is 19.0. The van der Waals surface area contributed by atoms with Crippen molar-refractivity contribution in [2.75, 3.05) is 52.3 Å². The molecule has 2 unspecified atom stereocenters. The van der Waals surface area contributed by atoms with Crippen molar-refractivity contribution in [1.29, 1.82) is 0 Å². The van der Waals surface area contributed by atoms with Crippen LogP contribution < -0.4 is 30.9 Å². The van der Waals surface area contributed by atoms with Crippen LogP contribution in [0.5, 0.6) is 5.75 Å². The van der Waals surface area contributed by atoms with Gasteiger partial charge < -0.3 is 41.1 Å². The van der Waals surface area contributed by atoms with Crippen molar-refractivity contribution < 1.29 is 29.4 Å². The molecule has 2 bridgehead atoms. The van der Waals surface area contributed by atoms with Crippen molar-refractivity contribution >= 4 is 17.5 Å². The molecule has 5 aliphatic rings. The Morgan fingerprint density at radius 2 is 1.90 bits per heavy atom. The fraction of sp³-hybridized carbons (Fsp3) is 0.650. The van der Waals surface area contributed by atoms with Crippen LogP contribution in [0, 0.1) is 29.1 Å². The first-order valence-corrected chi connectivity index (χ1v) is 19.0. The number of benzene rings is 2. The number of hydroxylamine groups is 2. The highest BCUT2D eigenvalue weighted by molar-refractivity contribution is 5.97. The number of ether oxygens (including phenoxy) is 1. The SMILES string of the molecule is COc1c(CN2O[C@@H](CO)[C@H]([C@H](C)O)[C@H]2C(=O)N[C@H]2C[C@H]3C[C@@H]([C@@H]2C)C3(C)C)cccc1-c1cc(C(=O)NCC2CNC(C)CN2)cc(N(C)C)c1. The Hall–Kier alpha value is -3.26. The maximum atomic E-state index is 14.2. The molecule has 7 rings (SSSR count). The molecular formula is C40H60N6O6. The van der Waals surface area contributed by atoms with Gasteiger partial charge in [-0.05, 0) is 73.6 Å². The Bertz CT molecular complexity index is 1590. The fourth-order valence-corrected chi connectivity index (χ4v) is 9.28. The van der Waals surface area contributed by atoms with E-state index in [0.29, 0.717) is 41.7 Å². The third-order valence-electron chi connectivity index (χ3n) is 12.6. The van der Waals surface area contributed by atoms with Crippen LogP contribution in [0.25, 0.3) is 11.1 Å². The lowest BCUT2D eigenvalue weighted by Crippen LogP contribution is -2.62. The molecule has 6 N–H and O–H groups in total. The van der Waals surface area contributed by atoms with Gasteiger partial charge in [-0.3, -0.25) is 14.4 Å². The molecule has 0 radical (unpaired) electrons. The minimum absolute atomic E-state index is 0.0430. The van der Waals surface area contributed by atoms with Gasteiger partial charge in [0.2, 0.25) is 5.91 Å². The number of amides is 2. The zero-order valence-electron chi connectivity index (χ0n) is 32.1. The quantitative estimate of drug-likeness (QED) is 0.194. The summed E-state index contributed by atoms with van der Waals surface area (Å²) in [5.74, 6) is 1.07. The van der Waals surface area contributed by atoms with E-state index in [1.54, 1.807) is 19.1 Å². The molecule has 2 amide bonds. The molecule has 2 aliphatic heterocycles. The van der Waals surface area contributed by atoms with Gasteiger partial charge >= 0.3 is 0 Å². The molecule has 12 heteroatoms. The van der Waals surface area contributed by atoms with Crippen molar-refractivity contribution in [2.45, 2.75) is 90.4 Å². The highest BCUT2D eigenvalue weighted by atomic mass is 16.7. The topological polar surface area (TPSA) is 148 Å². The lowest BCUT2D eigenvalue weighted by Gasteiger charge is -2.62. The number of para-hydroxylation sites is 1. The van der Waals surface area contributed by atoms with E-state index in [1.165, 1.54) is 6.42 Å². The number of methoxy groups -OCH3 is 1. The lowest BCUT2D eigenvalue weighted by molar-refractivity contribution is -0.183. The number of aliphatic hydroxyl groups excluding tert-OH is 2. The van der Waals surface area contributed by atoms with E-state index in [9.17, 15) is 19.8 Å². The van der Waals surface area contributed by atoms with E-state index in [0.717, 1.165) is 41.9 Å². The first-order chi connectivity index (χ1) is 24.7. The normalized spacial score (nSPS) is 31.7. The smallest absolute Gasteiger partial charge is 0.251 e. The Morgan fingerprint density at radius 1 is 1.13 bits per heavy atom. The van der Waals surface area contributed by atoms with E-state index in [2.05, 4.69) is 49.0 Å². The van der Waals surface area contributed by atoms with Crippen LogP contribution in [0.15, 0.2) is 36.4 Å². The molecule has 3 aliphatic carbocycles. The standard InChI is InChI=1S/C40H60N6O6/c1-22-17-42-29(18-41-22)19-43-38(49)27-12-26(13-30(14-27)45(6)7)31-11-9-10-25(37(31)51-8)20-46-36(35(24(3)48)34(21-47)52-46)39(50)44-33-16-28-15-32(23(33)2)40(28,4)5/h9-14,22-24,28-29,32-36,41-42,47-48H,15-21H2,1-8H3,(H,43,49)(H,44,50)/t22?,23-,24-,28+,29?,32-,33-,34-,35-,36-/m0/s1. The molecule has 0 spiro atoms. The molecular weight excluding hydrogens is 660 g/mol. The number of carbonyl (C=O) groups is 2. The van der Waals surface area contributed by atoms with Crippen LogP contribution in [0.2, 0.25) is 0 Å².